The Bertz CT molecular complexity index is 363. The van der Waals surface area contributed by atoms with E-state index in [4.69, 9.17) is 4.74 Å². The number of halogens is 1. The van der Waals surface area contributed by atoms with Gasteiger partial charge in [-0.05, 0) is 17.7 Å². The van der Waals surface area contributed by atoms with Gasteiger partial charge in [0.25, 0.3) is 0 Å². The smallest absolute Gasteiger partial charge is 0.409 e. The molecular weight excluding hydrogens is 258 g/mol. The van der Waals surface area contributed by atoms with Gasteiger partial charge in [-0.25, -0.2) is 4.79 Å². The number of benzene rings is 1. The van der Waals surface area contributed by atoms with Crippen molar-refractivity contribution in [1.82, 2.24) is 4.90 Å². The van der Waals surface area contributed by atoms with Crippen molar-refractivity contribution >= 4 is 22.0 Å². The van der Waals surface area contributed by atoms with Gasteiger partial charge in [-0.2, -0.15) is 0 Å². The summed E-state index contributed by atoms with van der Waals surface area (Å²) in [6, 6.07) is 8.07. The molecule has 0 bridgehead atoms. The molecule has 15 heavy (non-hydrogen) atoms. The van der Waals surface area contributed by atoms with Gasteiger partial charge >= 0.3 is 6.09 Å². The Morgan fingerprint density at radius 3 is 2.67 bits per heavy atom. The summed E-state index contributed by atoms with van der Waals surface area (Å²) in [4.78, 5) is 12.7. The minimum atomic E-state index is -0.225. The molecule has 3 nitrogen and oxygen atoms in total. The predicted octanol–water partition coefficient (Wildman–Crippen LogP) is 2.44. The zero-order valence-electron chi connectivity index (χ0n) is 8.44. The number of ether oxygens (including phenoxy) is 1. The van der Waals surface area contributed by atoms with Crippen molar-refractivity contribution in [3.63, 3.8) is 0 Å². The second-order valence-electron chi connectivity index (χ2n) is 3.72. The van der Waals surface area contributed by atoms with E-state index in [2.05, 4.69) is 15.9 Å². The molecule has 1 aromatic carbocycles. The summed E-state index contributed by atoms with van der Waals surface area (Å²) < 4.78 is 6.24. The van der Waals surface area contributed by atoms with Crippen molar-refractivity contribution in [1.29, 1.82) is 0 Å². The van der Waals surface area contributed by atoms with Gasteiger partial charge in [0.1, 0.15) is 6.10 Å². The van der Waals surface area contributed by atoms with Gasteiger partial charge in [-0.15, -0.1) is 0 Å². The molecule has 1 aliphatic heterocycles. The van der Waals surface area contributed by atoms with Crippen LogP contribution in [0.3, 0.4) is 0 Å². The van der Waals surface area contributed by atoms with Crippen LogP contribution in [0.15, 0.2) is 28.7 Å². The SMILES string of the molecule is CN1CC(Cc2ccc(Br)cc2)OC1=O. The molecule has 0 N–H and O–H groups in total. The fraction of sp³-hybridized carbons (Fsp3) is 0.364. The number of carbonyl (C=O) groups excluding carboxylic acids is 1. The van der Waals surface area contributed by atoms with Crippen LogP contribution in [-0.4, -0.2) is 30.7 Å². The lowest BCUT2D eigenvalue weighted by molar-refractivity contribution is 0.134. The van der Waals surface area contributed by atoms with Crippen LogP contribution in [0.2, 0.25) is 0 Å². The van der Waals surface area contributed by atoms with Crippen molar-refractivity contribution in [2.24, 2.45) is 0 Å². The van der Waals surface area contributed by atoms with Crippen LogP contribution in [-0.2, 0) is 11.2 Å². The molecule has 1 atom stereocenters. The van der Waals surface area contributed by atoms with E-state index in [-0.39, 0.29) is 12.2 Å². The molecule has 1 fully saturated rings. The molecule has 1 aliphatic rings. The van der Waals surface area contributed by atoms with Gasteiger partial charge in [-0.3, -0.25) is 0 Å². The molecule has 1 saturated heterocycles. The number of hydrogen-bond acceptors (Lipinski definition) is 2. The topological polar surface area (TPSA) is 29.5 Å². The summed E-state index contributed by atoms with van der Waals surface area (Å²) in [6.45, 7) is 0.675. The zero-order valence-corrected chi connectivity index (χ0v) is 10.0. The second-order valence-corrected chi connectivity index (χ2v) is 4.63. The van der Waals surface area contributed by atoms with Gasteiger partial charge in [0.2, 0.25) is 0 Å². The molecule has 4 heteroatoms. The summed E-state index contributed by atoms with van der Waals surface area (Å²) in [6.07, 6.45) is 0.546. The Balaban J connectivity index is 1.98. The average Bonchev–Trinajstić information content (AvgIpc) is 2.50. The molecule has 2 rings (SSSR count). The highest BCUT2D eigenvalue weighted by Crippen LogP contribution is 2.16. The Kier molecular flexibility index (Phi) is 2.95. The first-order valence-electron chi connectivity index (χ1n) is 4.81. The van der Waals surface area contributed by atoms with Gasteiger partial charge in [0.05, 0.1) is 6.54 Å². The molecule has 0 radical (unpaired) electrons. The van der Waals surface area contributed by atoms with Crippen molar-refractivity contribution < 1.29 is 9.53 Å². The van der Waals surface area contributed by atoms with Crippen LogP contribution >= 0.6 is 15.9 Å². The fourth-order valence-corrected chi connectivity index (χ4v) is 1.90. The van der Waals surface area contributed by atoms with Crippen LogP contribution in [0, 0.1) is 0 Å². The number of hydrogen-bond donors (Lipinski definition) is 0. The first-order valence-corrected chi connectivity index (χ1v) is 5.60. The van der Waals surface area contributed by atoms with E-state index >= 15 is 0 Å². The normalized spacial score (nSPS) is 20.5. The maximum absolute atomic E-state index is 11.1. The predicted molar refractivity (Wildman–Crippen MR) is 60.7 cm³/mol. The Labute approximate surface area is 97.2 Å². The highest BCUT2D eigenvalue weighted by molar-refractivity contribution is 9.10. The van der Waals surface area contributed by atoms with Gasteiger partial charge < -0.3 is 9.64 Å². The van der Waals surface area contributed by atoms with Crippen LogP contribution in [0.25, 0.3) is 0 Å². The highest BCUT2D eigenvalue weighted by atomic mass is 79.9. The average molecular weight is 270 g/mol. The fourth-order valence-electron chi connectivity index (χ4n) is 1.64. The molecule has 0 saturated carbocycles. The van der Waals surface area contributed by atoms with E-state index in [1.54, 1.807) is 11.9 Å². The van der Waals surface area contributed by atoms with Gasteiger partial charge in [0, 0.05) is 17.9 Å². The molecule has 1 amide bonds. The van der Waals surface area contributed by atoms with Crippen LogP contribution in [0.5, 0.6) is 0 Å². The Hall–Kier alpha value is -1.03. The third-order valence-corrected chi connectivity index (χ3v) is 2.96. The third kappa shape index (κ3) is 2.50. The number of cyclic esters (lactones) is 1. The van der Waals surface area contributed by atoms with E-state index < -0.39 is 0 Å². The molecule has 0 aromatic heterocycles. The number of nitrogens with zero attached hydrogens (tertiary/aromatic N) is 1. The monoisotopic (exact) mass is 269 g/mol. The van der Waals surface area contributed by atoms with E-state index in [1.807, 2.05) is 24.3 Å². The van der Waals surface area contributed by atoms with Crippen molar-refractivity contribution in [2.45, 2.75) is 12.5 Å². The summed E-state index contributed by atoms with van der Waals surface area (Å²) in [5.41, 5.74) is 1.19. The summed E-state index contributed by atoms with van der Waals surface area (Å²) >= 11 is 3.38. The first-order chi connectivity index (χ1) is 7.15. The van der Waals surface area contributed by atoms with E-state index in [0.29, 0.717) is 6.54 Å². The van der Waals surface area contributed by atoms with Crippen LogP contribution in [0.1, 0.15) is 5.56 Å². The number of amides is 1. The van der Waals surface area contributed by atoms with E-state index in [0.717, 1.165) is 10.9 Å². The second kappa shape index (κ2) is 4.23. The summed E-state index contributed by atoms with van der Waals surface area (Å²) in [7, 11) is 1.75. The molecular formula is C11H12BrNO2. The number of likely N-dealkylation sites (N-methyl/N-ethyl adjacent to an activating group) is 1. The molecule has 1 aromatic rings. The van der Waals surface area contributed by atoms with E-state index in [1.165, 1.54) is 5.56 Å². The maximum atomic E-state index is 11.1. The first kappa shape index (κ1) is 10.5. The Morgan fingerprint density at radius 1 is 1.47 bits per heavy atom. The standard InChI is InChI=1S/C11H12BrNO2/c1-13-7-10(15-11(13)14)6-8-2-4-9(12)5-3-8/h2-5,10H,6-7H2,1H3. The van der Waals surface area contributed by atoms with Crippen molar-refractivity contribution in [3.05, 3.63) is 34.3 Å². The number of rotatable bonds is 2. The molecule has 0 aliphatic carbocycles. The third-order valence-electron chi connectivity index (χ3n) is 2.43. The minimum Gasteiger partial charge on any atom is -0.444 e. The minimum absolute atomic E-state index is 0.0105. The number of carbonyl (C=O) groups is 1. The van der Waals surface area contributed by atoms with Crippen LogP contribution in [0.4, 0.5) is 4.79 Å². The van der Waals surface area contributed by atoms with E-state index in [9.17, 15) is 4.79 Å². The lowest BCUT2D eigenvalue weighted by Crippen LogP contribution is -2.20. The molecule has 1 unspecified atom stereocenters. The summed E-state index contributed by atoms with van der Waals surface area (Å²) in [5, 5.41) is 0. The van der Waals surface area contributed by atoms with Crippen molar-refractivity contribution in [3.8, 4) is 0 Å². The molecule has 80 valence electrons. The van der Waals surface area contributed by atoms with Gasteiger partial charge in [0.15, 0.2) is 0 Å². The summed E-state index contributed by atoms with van der Waals surface area (Å²) in [5.74, 6) is 0. The van der Waals surface area contributed by atoms with Crippen molar-refractivity contribution in [2.75, 3.05) is 13.6 Å². The quantitative estimate of drug-likeness (QED) is 0.826. The Morgan fingerprint density at radius 2 is 2.13 bits per heavy atom. The molecule has 1 heterocycles. The largest absolute Gasteiger partial charge is 0.444 e. The van der Waals surface area contributed by atoms with Gasteiger partial charge in [-0.1, -0.05) is 28.1 Å². The zero-order chi connectivity index (χ0) is 10.8. The highest BCUT2D eigenvalue weighted by Gasteiger charge is 2.27. The maximum Gasteiger partial charge on any atom is 0.409 e. The molecule has 0 spiro atoms. The lowest BCUT2D eigenvalue weighted by atomic mass is 10.1. The lowest BCUT2D eigenvalue weighted by Gasteiger charge is -2.07. The van der Waals surface area contributed by atoms with Crippen LogP contribution < -0.4 is 0 Å².